The first-order valence-electron chi connectivity index (χ1n) is 4.63. The first-order valence-corrected chi connectivity index (χ1v) is 4.63. The number of nitrogens with two attached hydrogens (primary N) is 1. The Balaban J connectivity index is 2.82. The maximum atomic E-state index is 13.4. The van der Waals surface area contributed by atoms with E-state index < -0.39 is 0 Å². The highest BCUT2D eigenvalue weighted by atomic mass is 19.1. The highest BCUT2D eigenvalue weighted by molar-refractivity contribution is 5.86. The minimum atomic E-state index is -0.190. The van der Waals surface area contributed by atoms with Crippen LogP contribution in [-0.4, -0.2) is 0 Å². The molecule has 0 heterocycles. The Kier molecular flexibility index (Phi) is 2.22. The van der Waals surface area contributed by atoms with Crippen LogP contribution < -0.4 is 5.73 Å². The van der Waals surface area contributed by atoms with Crippen LogP contribution in [0.25, 0.3) is 10.8 Å². The van der Waals surface area contributed by atoms with Gasteiger partial charge in [0.05, 0.1) is 0 Å². The molecule has 1 atom stereocenters. The van der Waals surface area contributed by atoms with E-state index in [4.69, 9.17) is 5.73 Å². The average Bonchev–Trinajstić information content (AvgIpc) is 2.18. The molecule has 0 saturated carbocycles. The van der Waals surface area contributed by atoms with Crippen molar-refractivity contribution >= 4 is 10.8 Å². The quantitative estimate of drug-likeness (QED) is 0.733. The number of hydrogen-bond donors (Lipinski definition) is 1. The minimum Gasteiger partial charge on any atom is -0.324 e. The molecule has 2 aromatic carbocycles. The summed E-state index contributed by atoms with van der Waals surface area (Å²) in [4.78, 5) is 0. The lowest BCUT2D eigenvalue weighted by molar-refractivity contribution is 0.638. The molecular weight excluding hydrogens is 177 g/mol. The van der Waals surface area contributed by atoms with Gasteiger partial charge >= 0.3 is 0 Å². The molecule has 14 heavy (non-hydrogen) atoms. The molecule has 0 unspecified atom stereocenters. The van der Waals surface area contributed by atoms with Gasteiger partial charge in [0.25, 0.3) is 0 Å². The van der Waals surface area contributed by atoms with Gasteiger partial charge in [-0.2, -0.15) is 0 Å². The van der Waals surface area contributed by atoms with Crippen LogP contribution in [0.4, 0.5) is 4.39 Å². The predicted molar refractivity (Wildman–Crippen MR) is 56.5 cm³/mol. The molecule has 0 radical (unpaired) electrons. The molecule has 2 heteroatoms. The molecule has 0 aliphatic rings. The molecule has 0 spiro atoms. The van der Waals surface area contributed by atoms with Crippen molar-refractivity contribution in [2.45, 2.75) is 13.0 Å². The van der Waals surface area contributed by atoms with Gasteiger partial charge in [0.2, 0.25) is 0 Å². The Morgan fingerprint density at radius 2 is 1.71 bits per heavy atom. The second kappa shape index (κ2) is 3.39. The highest BCUT2D eigenvalue weighted by Crippen LogP contribution is 2.24. The zero-order valence-electron chi connectivity index (χ0n) is 8.00. The van der Waals surface area contributed by atoms with Gasteiger partial charge < -0.3 is 5.73 Å². The smallest absolute Gasteiger partial charge is 0.131 e. The van der Waals surface area contributed by atoms with Crippen LogP contribution in [0, 0.1) is 5.82 Å². The molecule has 0 saturated heterocycles. The Bertz CT molecular complexity index is 463. The van der Waals surface area contributed by atoms with E-state index in [-0.39, 0.29) is 11.9 Å². The van der Waals surface area contributed by atoms with Gasteiger partial charge in [-0.1, -0.05) is 30.3 Å². The van der Waals surface area contributed by atoms with E-state index in [1.165, 1.54) is 6.07 Å². The van der Waals surface area contributed by atoms with Crippen molar-refractivity contribution in [3.05, 3.63) is 47.8 Å². The molecule has 2 aromatic rings. The van der Waals surface area contributed by atoms with Gasteiger partial charge in [-0.05, 0) is 23.9 Å². The molecule has 0 aromatic heterocycles. The minimum absolute atomic E-state index is 0.0690. The lowest BCUT2D eigenvalue weighted by Gasteiger charge is -2.10. The molecule has 0 amide bonds. The Morgan fingerprint density at radius 3 is 2.36 bits per heavy atom. The zero-order valence-corrected chi connectivity index (χ0v) is 8.00. The van der Waals surface area contributed by atoms with Gasteiger partial charge in [-0.3, -0.25) is 0 Å². The molecule has 1 nitrogen and oxygen atoms in total. The maximum Gasteiger partial charge on any atom is 0.131 e. The van der Waals surface area contributed by atoms with E-state index in [1.54, 1.807) is 12.1 Å². The lowest BCUT2D eigenvalue weighted by Crippen LogP contribution is -2.05. The molecule has 0 aliphatic heterocycles. The number of benzene rings is 2. The summed E-state index contributed by atoms with van der Waals surface area (Å²) in [6.45, 7) is 1.90. The zero-order chi connectivity index (χ0) is 10.1. The fourth-order valence-electron chi connectivity index (χ4n) is 1.68. The monoisotopic (exact) mass is 189 g/mol. The highest BCUT2D eigenvalue weighted by Gasteiger charge is 2.07. The fraction of sp³-hybridized carbons (Fsp3) is 0.167. The number of hydrogen-bond acceptors (Lipinski definition) is 1. The van der Waals surface area contributed by atoms with E-state index in [0.717, 1.165) is 10.9 Å². The van der Waals surface area contributed by atoms with E-state index in [2.05, 4.69) is 0 Å². The van der Waals surface area contributed by atoms with Crippen molar-refractivity contribution in [3.63, 3.8) is 0 Å². The second-order valence-electron chi connectivity index (χ2n) is 3.47. The molecule has 0 aliphatic carbocycles. The Labute approximate surface area is 82.3 Å². The normalized spacial score (nSPS) is 13.1. The van der Waals surface area contributed by atoms with Gasteiger partial charge in [-0.15, -0.1) is 0 Å². The van der Waals surface area contributed by atoms with Crippen LogP contribution in [0.1, 0.15) is 18.5 Å². The number of fused-ring (bicyclic) bond motifs is 1. The molecule has 0 bridgehead atoms. The number of rotatable bonds is 1. The topological polar surface area (TPSA) is 26.0 Å². The van der Waals surface area contributed by atoms with Crippen LogP contribution >= 0.6 is 0 Å². The van der Waals surface area contributed by atoms with E-state index in [9.17, 15) is 4.39 Å². The van der Waals surface area contributed by atoms with E-state index in [1.807, 2.05) is 25.1 Å². The van der Waals surface area contributed by atoms with Crippen molar-refractivity contribution in [3.8, 4) is 0 Å². The summed E-state index contributed by atoms with van der Waals surface area (Å²) in [6.07, 6.45) is 0. The summed E-state index contributed by atoms with van der Waals surface area (Å²) < 4.78 is 13.4. The third kappa shape index (κ3) is 1.38. The van der Waals surface area contributed by atoms with Crippen LogP contribution in [0.2, 0.25) is 0 Å². The molecule has 72 valence electrons. The van der Waals surface area contributed by atoms with E-state index >= 15 is 0 Å². The van der Waals surface area contributed by atoms with Gasteiger partial charge in [-0.25, -0.2) is 4.39 Å². The Morgan fingerprint density at radius 1 is 1.07 bits per heavy atom. The maximum absolute atomic E-state index is 13.4. The molecular formula is C12H12FN. The molecule has 2 N–H and O–H groups in total. The molecule has 2 rings (SSSR count). The SMILES string of the molecule is C[C@H](N)c1ccc(F)c2ccccc12. The summed E-state index contributed by atoms with van der Waals surface area (Å²) in [7, 11) is 0. The second-order valence-corrected chi connectivity index (χ2v) is 3.47. The van der Waals surface area contributed by atoms with Crippen LogP contribution in [0.5, 0.6) is 0 Å². The summed E-state index contributed by atoms with van der Waals surface area (Å²) in [6, 6.07) is 10.6. The van der Waals surface area contributed by atoms with Crippen molar-refractivity contribution < 1.29 is 4.39 Å². The average molecular weight is 189 g/mol. The number of halogens is 1. The standard InChI is InChI=1S/C12H12FN/c1-8(14)9-6-7-12(13)11-5-3-2-4-10(9)11/h2-8H,14H2,1H3/t8-/m0/s1. The third-order valence-electron chi connectivity index (χ3n) is 2.40. The van der Waals surface area contributed by atoms with Crippen LogP contribution in [-0.2, 0) is 0 Å². The van der Waals surface area contributed by atoms with Gasteiger partial charge in [0, 0.05) is 11.4 Å². The van der Waals surface area contributed by atoms with Crippen LogP contribution in [0.15, 0.2) is 36.4 Å². The summed E-state index contributed by atoms with van der Waals surface area (Å²) in [5, 5.41) is 1.55. The van der Waals surface area contributed by atoms with Crippen molar-refractivity contribution in [1.29, 1.82) is 0 Å². The Hall–Kier alpha value is -1.41. The lowest BCUT2D eigenvalue weighted by atomic mass is 10.00. The first kappa shape index (κ1) is 9.16. The van der Waals surface area contributed by atoms with Crippen molar-refractivity contribution in [2.75, 3.05) is 0 Å². The first-order chi connectivity index (χ1) is 6.70. The van der Waals surface area contributed by atoms with Crippen molar-refractivity contribution in [1.82, 2.24) is 0 Å². The predicted octanol–water partition coefficient (Wildman–Crippen LogP) is 3.00. The van der Waals surface area contributed by atoms with Gasteiger partial charge in [0.1, 0.15) is 5.82 Å². The van der Waals surface area contributed by atoms with Crippen LogP contribution in [0.3, 0.4) is 0 Å². The van der Waals surface area contributed by atoms with E-state index in [0.29, 0.717) is 5.39 Å². The largest absolute Gasteiger partial charge is 0.324 e. The summed E-state index contributed by atoms with van der Waals surface area (Å²) in [5.41, 5.74) is 6.80. The summed E-state index contributed by atoms with van der Waals surface area (Å²) >= 11 is 0. The van der Waals surface area contributed by atoms with Crippen molar-refractivity contribution in [2.24, 2.45) is 5.73 Å². The molecule has 0 fully saturated rings. The summed E-state index contributed by atoms with van der Waals surface area (Å²) in [5.74, 6) is -0.190. The van der Waals surface area contributed by atoms with Gasteiger partial charge in [0.15, 0.2) is 0 Å². The third-order valence-corrected chi connectivity index (χ3v) is 2.40. The fourth-order valence-corrected chi connectivity index (χ4v) is 1.68.